The predicted octanol–water partition coefficient (Wildman–Crippen LogP) is 2.08. The van der Waals surface area contributed by atoms with Gasteiger partial charge in [0.1, 0.15) is 0 Å². The summed E-state index contributed by atoms with van der Waals surface area (Å²) in [4.78, 5) is 2.59. The van der Waals surface area contributed by atoms with Gasteiger partial charge in [0.05, 0.1) is 5.69 Å². The Morgan fingerprint density at radius 1 is 1.53 bits per heavy atom. The quantitative estimate of drug-likeness (QED) is 0.818. The van der Waals surface area contributed by atoms with Gasteiger partial charge < -0.3 is 5.32 Å². The third-order valence-electron chi connectivity index (χ3n) is 3.98. The highest BCUT2D eigenvalue weighted by molar-refractivity contribution is 5.15. The zero-order chi connectivity index (χ0) is 13.7. The Morgan fingerprint density at radius 3 is 2.95 bits per heavy atom. The number of nitrogens with zero attached hydrogens (tertiary/aromatic N) is 3. The van der Waals surface area contributed by atoms with E-state index >= 15 is 0 Å². The lowest BCUT2D eigenvalue weighted by Crippen LogP contribution is -2.37. The number of nitrogens with one attached hydrogen (secondary N) is 1. The molecule has 0 amide bonds. The molecule has 4 heteroatoms. The van der Waals surface area contributed by atoms with Crippen LogP contribution < -0.4 is 5.32 Å². The fraction of sp³-hybridized carbons (Fsp3) is 0.800. The lowest BCUT2D eigenvalue weighted by molar-refractivity contribution is 0.237. The topological polar surface area (TPSA) is 33.1 Å². The van der Waals surface area contributed by atoms with Crippen LogP contribution >= 0.6 is 0 Å². The van der Waals surface area contributed by atoms with Gasteiger partial charge in [-0.1, -0.05) is 13.3 Å². The van der Waals surface area contributed by atoms with Crippen LogP contribution in [-0.4, -0.2) is 40.4 Å². The Labute approximate surface area is 117 Å². The van der Waals surface area contributed by atoms with E-state index in [2.05, 4.69) is 35.4 Å². The van der Waals surface area contributed by atoms with E-state index in [0.29, 0.717) is 6.04 Å². The largest absolute Gasteiger partial charge is 0.313 e. The van der Waals surface area contributed by atoms with Gasteiger partial charge in [0.15, 0.2) is 0 Å². The van der Waals surface area contributed by atoms with Crippen LogP contribution in [0, 0.1) is 6.92 Å². The van der Waals surface area contributed by atoms with E-state index in [1.54, 1.807) is 0 Å². The molecule has 0 bridgehead atoms. The molecule has 1 N–H and O–H groups in total. The third kappa shape index (κ3) is 4.32. The monoisotopic (exact) mass is 264 g/mol. The van der Waals surface area contributed by atoms with Crippen molar-refractivity contribution in [1.82, 2.24) is 20.0 Å². The molecular weight excluding hydrogens is 236 g/mol. The highest BCUT2D eigenvalue weighted by Crippen LogP contribution is 2.13. The molecule has 4 nitrogen and oxygen atoms in total. The molecule has 1 aliphatic rings. The van der Waals surface area contributed by atoms with Crippen molar-refractivity contribution in [2.75, 3.05) is 19.6 Å². The van der Waals surface area contributed by atoms with Gasteiger partial charge in [-0.2, -0.15) is 5.10 Å². The Kier molecular flexibility index (Phi) is 5.40. The van der Waals surface area contributed by atoms with Gasteiger partial charge in [0.2, 0.25) is 0 Å². The molecule has 1 aromatic rings. The lowest BCUT2D eigenvalue weighted by atomic mass is 10.1. The first kappa shape index (κ1) is 14.5. The number of unbranched alkanes of at least 4 members (excludes halogenated alkanes) is 1. The summed E-state index contributed by atoms with van der Waals surface area (Å²) < 4.78 is 1.93. The van der Waals surface area contributed by atoms with Crippen LogP contribution in [0.5, 0.6) is 0 Å². The van der Waals surface area contributed by atoms with E-state index in [0.717, 1.165) is 6.54 Å². The van der Waals surface area contributed by atoms with Gasteiger partial charge in [-0.25, -0.2) is 0 Å². The van der Waals surface area contributed by atoms with Crippen LogP contribution in [0.4, 0.5) is 0 Å². The molecule has 1 unspecified atom stereocenters. The normalized spacial score (nSPS) is 19.5. The first-order chi connectivity index (χ1) is 9.19. The summed E-state index contributed by atoms with van der Waals surface area (Å²) in [6.07, 6.45) is 7.37. The molecule has 1 fully saturated rings. The SMILES string of the molecule is CCCCN(Cc1cn(C)nc1C)CC1CCCN1. The molecule has 2 heterocycles. The highest BCUT2D eigenvalue weighted by atomic mass is 15.3. The summed E-state index contributed by atoms with van der Waals surface area (Å²) in [5, 5.41) is 8.06. The van der Waals surface area contributed by atoms with Crippen LogP contribution in [0.15, 0.2) is 6.20 Å². The molecule has 1 aliphatic heterocycles. The Hall–Kier alpha value is -0.870. The van der Waals surface area contributed by atoms with Crippen molar-refractivity contribution in [3.8, 4) is 0 Å². The van der Waals surface area contributed by atoms with Crippen LogP contribution in [0.3, 0.4) is 0 Å². The highest BCUT2D eigenvalue weighted by Gasteiger charge is 2.18. The summed E-state index contributed by atoms with van der Waals surface area (Å²) in [6.45, 7) is 8.98. The van der Waals surface area contributed by atoms with Crippen LogP contribution in [0.2, 0.25) is 0 Å². The molecule has 0 aromatic carbocycles. The molecular formula is C15H28N4. The van der Waals surface area contributed by atoms with Gasteiger partial charge in [0, 0.05) is 37.9 Å². The van der Waals surface area contributed by atoms with Gasteiger partial charge in [-0.05, 0) is 39.3 Å². The Balaban J connectivity index is 1.93. The molecule has 0 aliphatic carbocycles. The van der Waals surface area contributed by atoms with E-state index in [4.69, 9.17) is 0 Å². The summed E-state index contributed by atoms with van der Waals surface area (Å²) in [5.41, 5.74) is 2.54. The lowest BCUT2D eigenvalue weighted by Gasteiger charge is -2.25. The fourth-order valence-electron chi connectivity index (χ4n) is 2.89. The molecule has 19 heavy (non-hydrogen) atoms. The van der Waals surface area contributed by atoms with Gasteiger partial charge in [0.25, 0.3) is 0 Å². The van der Waals surface area contributed by atoms with Gasteiger partial charge >= 0.3 is 0 Å². The van der Waals surface area contributed by atoms with Crippen LogP contribution in [0.1, 0.15) is 43.9 Å². The van der Waals surface area contributed by atoms with Gasteiger partial charge in [-0.15, -0.1) is 0 Å². The molecule has 1 atom stereocenters. The molecule has 1 aromatic heterocycles. The zero-order valence-electron chi connectivity index (χ0n) is 12.7. The first-order valence-electron chi connectivity index (χ1n) is 7.64. The summed E-state index contributed by atoms with van der Waals surface area (Å²) in [5.74, 6) is 0. The van der Waals surface area contributed by atoms with Crippen molar-refractivity contribution in [3.63, 3.8) is 0 Å². The maximum atomic E-state index is 4.45. The molecule has 1 saturated heterocycles. The van der Waals surface area contributed by atoms with Crippen LogP contribution in [-0.2, 0) is 13.6 Å². The van der Waals surface area contributed by atoms with Crippen LogP contribution in [0.25, 0.3) is 0 Å². The molecule has 108 valence electrons. The minimum Gasteiger partial charge on any atom is -0.313 e. The minimum absolute atomic E-state index is 0.689. The van der Waals surface area contributed by atoms with Gasteiger partial charge in [-0.3, -0.25) is 9.58 Å². The fourth-order valence-corrected chi connectivity index (χ4v) is 2.89. The number of hydrogen-bond donors (Lipinski definition) is 1. The van der Waals surface area contributed by atoms with E-state index in [1.807, 2.05) is 11.7 Å². The first-order valence-corrected chi connectivity index (χ1v) is 7.64. The standard InChI is InChI=1S/C15H28N4/c1-4-5-9-19(12-15-7-6-8-16-15)11-14-10-18(3)17-13(14)2/h10,15-16H,4-9,11-12H2,1-3H3. The third-order valence-corrected chi connectivity index (χ3v) is 3.98. The number of aryl methyl sites for hydroxylation is 2. The van der Waals surface area contributed by atoms with E-state index < -0.39 is 0 Å². The average Bonchev–Trinajstić information content (AvgIpc) is 2.97. The summed E-state index contributed by atoms with van der Waals surface area (Å²) in [7, 11) is 2.01. The van der Waals surface area contributed by atoms with E-state index in [-0.39, 0.29) is 0 Å². The van der Waals surface area contributed by atoms with E-state index in [1.165, 1.54) is 56.6 Å². The van der Waals surface area contributed by atoms with Crippen molar-refractivity contribution < 1.29 is 0 Å². The smallest absolute Gasteiger partial charge is 0.0638 e. The van der Waals surface area contributed by atoms with Crippen molar-refractivity contribution in [2.45, 2.75) is 52.1 Å². The minimum atomic E-state index is 0.689. The van der Waals surface area contributed by atoms with E-state index in [9.17, 15) is 0 Å². The van der Waals surface area contributed by atoms with Crippen molar-refractivity contribution in [2.24, 2.45) is 7.05 Å². The second-order valence-corrected chi connectivity index (χ2v) is 5.80. The molecule has 0 radical (unpaired) electrons. The maximum absolute atomic E-state index is 4.45. The zero-order valence-corrected chi connectivity index (χ0v) is 12.7. The summed E-state index contributed by atoms with van der Waals surface area (Å²) in [6, 6.07) is 0.689. The second-order valence-electron chi connectivity index (χ2n) is 5.80. The Bertz CT molecular complexity index is 379. The molecule has 0 saturated carbocycles. The molecule has 0 spiro atoms. The second kappa shape index (κ2) is 7.06. The number of rotatable bonds is 7. The summed E-state index contributed by atoms with van der Waals surface area (Å²) >= 11 is 0. The predicted molar refractivity (Wildman–Crippen MR) is 79.2 cm³/mol. The maximum Gasteiger partial charge on any atom is 0.0638 e. The Morgan fingerprint density at radius 2 is 2.37 bits per heavy atom. The number of aromatic nitrogens is 2. The van der Waals surface area contributed by atoms with Crippen molar-refractivity contribution in [1.29, 1.82) is 0 Å². The average molecular weight is 264 g/mol. The molecule has 2 rings (SSSR count). The number of hydrogen-bond acceptors (Lipinski definition) is 3. The van der Waals surface area contributed by atoms with Crippen molar-refractivity contribution in [3.05, 3.63) is 17.5 Å². The van der Waals surface area contributed by atoms with Crippen molar-refractivity contribution >= 4 is 0 Å².